The van der Waals surface area contributed by atoms with E-state index in [9.17, 15) is 8.78 Å². The van der Waals surface area contributed by atoms with Crippen molar-refractivity contribution in [2.24, 2.45) is 11.3 Å². The third kappa shape index (κ3) is 3.18. The maximum absolute atomic E-state index is 13.5. The molecule has 90 valence electrons. The van der Waals surface area contributed by atoms with Crippen molar-refractivity contribution in [2.75, 3.05) is 5.88 Å². The van der Waals surface area contributed by atoms with E-state index in [0.717, 1.165) is 6.07 Å². The van der Waals surface area contributed by atoms with Gasteiger partial charge in [0.15, 0.2) is 11.6 Å². The topological polar surface area (TPSA) is 0 Å². The number of hydrogen-bond acceptors (Lipinski definition) is 0. The molecule has 0 bridgehead atoms. The third-order valence-electron chi connectivity index (χ3n) is 2.91. The zero-order valence-corrected chi connectivity index (χ0v) is 10.6. The summed E-state index contributed by atoms with van der Waals surface area (Å²) in [6.07, 6.45) is 0.469. The van der Waals surface area contributed by atoms with E-state index in [1.54, 1.807) is 6.07 Å². The molecule has 1 atom stereocenters. The van der Waals surface area contributed by atoms with Crippen LogP contribution in [0.1, 0.15) is 26.3 Å². The fraction of sp³-hybridized carbons (Fsp3) is 0.538. The third-order valence-corrected chi connectivity index (χ3v) is 3.28. The van der Waals surface area contributed by atoms with Crippen molar-refractivity contribution in [3.8, 4) is 0 Å². The molecule has 0 heterocycles. The normalized spacial score (nSPS) is 13.9. The first-order valence-corrected chi connectivity index (χ1v) is 5.88. The van der Waals surface area contributed by atoms with E-state index in [1.165, 1.54) is 6.07 Å². The monoisotopic (exact) mass is 246 g/mol. The summed E-state index contributed by atoms with van der Waals surface area (Å²) in [6, 6.07) is 4.27. The molecule has 0 aliphatic heterocycles. The zero-order chi connectivity index (χ0) is 12.3. The Morgan fingerprint density at radius 2 is 1.88 bits per heavy atom. The van der Waals surface area contributed by atoms with Gasteiger partial charge in [0, 0.05) is 5.88 Å². The summed E-state index contributed by atoms with van der Waals surface area (Å²) in [5, 5.41) is 0. The van der Waals surface area contributed by atoms with Crippen LogP contribution in [-0.2, 0) is 6.42 Å². The molecular formula is C13H17ClF2. The van der Waals surface area contributed by atoms with Crippen LogP contribution in [0, 0.1) is 23.0 Å². The Morgan fingerprint density at radius 3 is 2.38 bits per heavy atom. The Morgan fingerprint density at radius 1 is 1.25 bits per heavy atom. The predicted molar refractivity (Wildman–Crippen MR) is 63.7 cm³/mol. The van der Waals surface area contributed by atoms with Gasteiger partial charge in [-0.3, -0.25) is 0 Å². The van der Waals surface area contributed by atoms with Crippen molar-refractivity contribution in [1.29, 1.82) is 0 Å². The molecule has 0 spiro atoms. The van der Waals surface area contributed by atoms with Crippen LogP contribution in [0.15, 0.2) is 18.2 Å². The molecule has 0 N–H and O–H groups in total. The molecule has 3 heteroatoms. The standard InChI is InChI=1S/C13H17ClF2/c1-13(2,3)10(8-14)7-9-5-4-6-11(15)12(9)16/h4-6,10H,7-8H2,1-3H3. The predicted octanol–water partition coefficient (Wildman–Crippen LogP) is 4.41. The largest absolute Gasteiger partial charge is 0.204 e. The van der Waals surface area contributed by atoms with Crippen LogP contribution < -0.4 is 0 Å². The van der Waals surface area contributed by atoms with Crippen molar-refractivity contribution >= 4 is 11.6 Å². The Hall–Kier alpha value is -0.630. The molecule has 1 aromatic rings. The van der Waals surface area contributed by atoms with Crippen molar-refractivity contribution in [3.05, 3.63) is 35.4 Å². The van der Waals surface area contributed by atoms with Crippen LogP contribution in [0.25, 0.3) is 0 Å². The fourth-order valence-electron chi connectivity index (χ4n) is 1.56. The Labute approximate surface area is 101 Å². The zero-order valence-electron chi connectivity index (χ0n) is 9.86. The van der Waals surface area contributed by atoms with Crippen LogP contribution >= 0.6 is 11.6 Å². The van der Waals surface area contributed by atoms with Gasteiger partial charge in [-0.05, 0) is 29.4 Å². The molecule has 1 rings (SSSR count). The average molecular weight is 247 g/mol. The van der Waals surface area contributed by atoms with Gasteiger partial charge in [-0.15, -0.1) is 11.6 Å². The SMILES string of the molecule is CC(C)(C)C(CCl)Cc1cccc(F)c1F. The summed E-state index contributed by atoms with van der Waals surface area (Å²) in [5.74, 6) is -0.966. The molecule has 0 aromatic heterocycles. The molecule has 0 saturated heterocycles. The highest BCUT2D eigenvalue weighted by Gasteiger charge is 2.25. The summed E-state index contributed by atoms with van der Waals surface area (Å²) in [6.45, 7) is 6.16. The molecular weight excluding hydrogens is 230 g/mol. The van der Waals surface area contributed by atoms with E-state index in [4.69, 9.17) is 11.6 Å². The van der Waals surface area contributed by atoms with Crippen molar-refractivity contribution < 1.29 is 8.78 Å². The van der Waals surface area contributed by atoms with Gasteiger partial charge in [-0.1, -0.05) is 32.9 Å². The second-order valence-electron chi connectivity index (χ2n) is 5.13. The van der Waals surface area contributed by atoms with E-state index >= 15 is 0 Å². The van der Waals surface area contributed by atoms with Crippen molar-refractivity contribution in [1.82, 2.24) is 0 Å². The maximum Gasteiger partial charge on any atom is 0.162 e. The Balaban J connectivity index is 2.91. The first-order valence-electron chi connectivity index (χ1n) is 5.35. The van der Waals surface area contributed by atoms with Gasteiger partial charge in [0.1, 0.15) is 0 Å². The number of rotatable bonds is 3. The minimum absolute atomic E-state index is 0.0134. The molecule has 0 radical (unpaired) electrons. The van der Waals surface area contributed by atoms with Gasteiger partial charge < -0.3 is 0 Å². The lowest BCUT2D eigenvalue weighted by Gasteiger charge is -2.29. The molecule has 1 unspecified atom stereocenters. The van der Waals surface area contributed by atoms with E-state index in [2.05, 4.69) is 20.8 Å². The number of benzene rings is 1. The van der Waals surface area contributed by atoms with Crippen LogP contribution in [0.4, 0.5) is 8.78 Å². The molecule has 16 heavy (non-hydrogen) atoms. The highest BCUT2D eigenvalue weighted by molar-refractivity contribution is 6.18. The molecule has 0 saturated carbocycles. The molecule has 0 aliphatic rings. The highest BCUT2D eigenvalue weighted by Crippen LogP contribution is 2.30. The van der Waals surface area contributed by atoms with Crippen molar-refractivity contribution in [3.63, 3.8) is 0 Å². The number of alkyl halides is 1. The van der Waals surface area contributed by atoms with Gasteiger partial charge in [-0.25, -0.2) is 8.78 Å². The first kappa shape index (κ1) is 13.4. The maximum atomic E-state index is 13.5. The molecule has 0 amide bonds. The van der Waals surface area contributed by atoms with E-state index in [0.29, 0.717) is 17.9 Å². The van der Waals surface area contributed by atoms with Crippen molar-refractivity contribution in [2.45, 2.75) is 27.2 Å². The summed E-state index contributed by atoms with van der Waals surface area (Å²) in [7, 11) is 0. The van der Waals surface area contributed by atoms with Gasteiger partial charge in [-0.2, -0.15) is 0 Å². The lowest BCUT2D eigenvalue weighted by molar-refractivity contribution is 0.261. The van der Waals surface area contributed by atoms with E-state index < -0.39 is 11.6 Å². The lowest BCUT2D eigenvalue weighted by Crippen LogP contribution is -2.24. The molecule has 0 fully saturated rings. The van der Waals surface area contributed by atoms with Gasteiger partial charge in [0.05, 0.1) is 0 Å². The average Bonchev–Trinajstić information content (AvgIpc) is 2.18. The van der Waals surface area contributed by atoms with Gasteiger partial charge in [0.2, 0.25) is 0 Å². The lowest BCUT2D eigenvalue weighted by atomic mass is 9.78. The summed E-state index contributed by atoms with van der Waals surface area (Å²) in [5.41, 5.74) is 0.390. The smallest absolute Gasteiger partial charge is 0.162 e. The second kappa shape index (κ2) is 5.13. The second-order valence-corrected chi connectivity index (χ2v) is 5.44. The highest BCUT2D eigenvalue weighted by atomic mass is 35.5. The van der Waals surface area contributed by atoms with Gasteiger partial charge >= 0.3 is 0 Å². The Kier molecular flexibility index (Phi) is 4.31. The van der Waals surface area contributed by atoms with Gasteiger partial charge in [0.25, 0.3) is 0 Å². The van der Waals surface area contributed by atoms with Crippen LogP contribution in [0.2, 0.25) is 0 Å². The van der Waals surface area contributed by atoms with Crippen LogP contribution in [0.5, 0.6) is 0 Å². The fourth-order valence-corrected chi connectivity index (χ4v) is 2.14. The molecule has 0 aliphatic carbocycles. The minimum atomic E-state index is -0.792. The van der Waals surface area contributed by atoms with E-state index in [1.807, 2.05) is 0 Å². The summed E-state index contributed by atoms with van der Waals surface area (Å²) >= 11 is 5.88. The molecule has 1 aromatic carbocycles. The summed E-state index contributed by atoms with van der Waals surface area (Å²) < 4.78 is 26.5. The first-order chi connectivity index (χ1) is 7.36. The van der Waals surface area contributed by atoms with Crippen LogP contribution in [0.3, 0.4) is 0 Å². The number of hydrogen-bond donors (Lipinski definition) is 0. The van der Waals surface area contributed by atoms with E-state index in [-0.39, 0.29) is 11.3 Å². The minimum Gasteiger partial charge on any atom is -0.204 e. The molecule has 0 nitrogen and oxygen atoms in total. The quantitative estimate of drug-likeness (QED) is 0.693. The number of halogens is 3. The van der Waals surface area contributed by atoms with Crippen LogP contribution in [-0.4, -0.2) is 5.88 Å². The summed E-state index contributed by atoms with van der Waals surface area (Å²) in [4.78, 5) is 0. The Bertz CT molecular complexity index is 355.